The van der Waals surface area contributed by atoms with Crippen LogP contribution in [0.25, 0.3) is 11.1 Å². The molecule has 0 amide bonds. The van der Waals surface area contributed by atoms with Gasteiger partial charge >= 0.3 is 5.97 Å². The smallest absolute Gasteiger partial charge is 0.338 e. The minimum absolute atomic E-state index is 0.0920. The second-order valence-corrected chi connectivity index (χ2v) is 6.12. The Morgan fingerprint density at radius 3 is 2.19 bits per heavy atom. The van der Waals surface area contributed by atoms with Crippen LogP contribution in [-0.2, 0) is 10.0 Å². The van der Waals surface area contributed by atoms with E-state index < -0.39 is 27.4 Å². The molecule has 5 nitrogen and oxygen atoms in total. The van der Waals surface area contributed by atoms with E-state index in [0.29, 0.717) is 11.1 Å². The second kappa shape index (κ2) is 5.63. The molecule has 0 aliphatic heterocycles. The van der Waals surface area contributed by atoms with Crippen LogP contribution in [0.4, 0.5) is 4.39 Å². The van der Waals surface area contributed by atoms with Crippen LogP contribution < -0.4 is 4.72 Å². The third-order valence-electron chi connectivity index (χ3n) is 2.96. The highest BCUT2D eigenvalue weighted by Crippen LogP contribution is 2.23. The minimum atomic E-state index is -3.53. The van der Waals surface area contributed by atoms with Crippen LogP contribution in [0.5, 0.6) is 0 Å². The largest absolute Gasteiger partial charge is 0.478 e. The summed E-state index contributed by atoms with van der Waals surface area (Å²) < 4.78 is 38.7. The molecule has 0 aliphatic carbocycles. The number of hydrogen-bond acceptors (Lipinski definition) is 3. The van der Waals surface area contributed by atoms with E-state index in [-0.39, 0.29) is 4.90 Å². The average molecular weight is 309 g/mol. The van der Waals surface area contributed by atoms with Crippen LogP contribution in [0.15, 0.2) is 47.4 Å². The monoisotopic (exact) mass is 309 g/mol. The van der Waals surface area contributed by atoms with Crippen molar-refractivity contribution in [1.82, 2.24) is 4.72 Å². The van der Waals surface area contributed by atoms with Crippen LogP contribution in [-0.4, -0.2) is 26.5 Å². The van der Waals surface area contributed by atoms with Crippen molar-refractivity contribution in [2.24, 2.45) is 0 Å². The first-order valence-corrected chi connectivity index (χ1v) is 7.40. The molecule has 7 heteroatoms. The SMILES string of the molecule is CNS(=O)(=O)c1ccc(-c2ccc(F)c(C(=O)O)c2)cc1. The number of benzene rings is 2. The minimum Gasteiger partial charge on any atom is -0.478 e. The van der Waals surface area contributed by atoms with E-state index in [9.17, 15) is 17.6 Å². The van der Waals surface area contributed by atoms with Crippen molar-refractivity contribution in [1.29, 1.82) is 0 Å². The van der Waals surface area contributed by atoms with E-state index >= 15 is 0 Å². The van der Waals surface area contributed by atoms with Gasteiger partial charge in [-0.05, 0) is 42.4 Å². The van der Waals surface area contributed by atoms with Crippen molar-refractivity contribution in [3.05, 3.63) is 53.8 Å². The molecule has 0 bridgehead atoms. The Bertz CT molecular complexity index is 785. The number of nitrogens with one attached hydrogen (secondary N) is 1. The predicted octanol–water partition coefficient (Wildman–Crippen LogP) is 2.10. The molecule has 0 spiro atoms. The zero-order valence-electron chi connectivity index (χ0n) is 11.0. The third-order valence-corrected chi connectivity index (χ3v) is 4.39. The van der Waals surface area contributed by atoms with E-state index in [4.69, 9.17) is 5.11 Å². The molecule has 0 unspecified atom stereocenters. The Balaban J connectivity index is 2.44. The van der Waals surface area contributed by atoms with Crippen molar-refractivity contribution in [3.63, 3.8) is 0 Å². The summed E-state index contributed by atoms with van der Waals surface area (Å²) in [5.41, 5.74) is 0.647. The lowest BCUT2D eigenvalue weighted by molar-refractivity contribution is 0.0692. The van der Waals surface area contributed by atoms with Gasteiger partial charge in [0.25, 0.3) is 0 Å². The third kappa shape index (κ3) is 3.09. The van der Waals surface area contributed by atoms with Gasteiger partial charge in [0.2, 0.25) is 10.0 Å². The summed E-state index contributed by atoms with van der Waals surface area (Å²) in [5.74, 6) is -2.18. The molecule has 0 fully saturated rings. The second-order valence-electron chi connectivity index (χ2n) is 4.23. The molecule has 2 rings (SSSR count). The molecule has 0 atom stereocenters. The first-order chi connectivity index (χ1) is 9.85. The molecule has 110 valence electrons. The molecule has 2 aromatic rings. The molecule has 0 saturated heterocycles. The first kappa shape index (κ1) is 15.1. The van der Waals surface area contributed by atoms with Crippen LogP contribution in [0, 0.1) is 5.82 Å². The standard InChI is InChI=1S/C14H12FNO4S/c1-16-21(19,20)11-5-2-9(3-6-11)10-4-7-13(15)12(8-10)14(17)18/h2-8,16H,1H3,(H,17,18). The summed E-state index contributed by atoms with van der Waals surface area (Å²) in [4.78, 5) is 11.0. The van der Waals surface area contributed by atoms with Gasteiger partial charge in [0.05, 0.1) is 10.5 Å². The van der Waals surface area contributed by atoms with Crippen molar-refractivity contribution in [2.45, 2.75) is 4.90 Å². The molecule has 2 N–H and O–H groups in total. The number of rotatable bonds is 4. The molecule has 0 aromatic heterocycles. The molecule has 0 heterocycles. The maximum Gasteiger partial charge on any atom is 0.338 e. The number of aromatic carboxylic acids is 1. The van der Waals surface area contributed by atoms with Crippen molar-refractivity contribution in [3.8, 4) is 11.1 Å². The van der Waals surface area contributed by atoms with Crippen LogP contribution in [0.3, 0.4) is 0 Å². The number of carboxylic acids is 1. The van der Waals surface area contributed by atoms with Crippen LogP contribution in [0.1, 0.15) is 10.4 Å². The zero-order valence-corrected chi connectivity index (χ0v) is 11.8. The quantitative estimate of drug-likeness (QED) is 0.906. The highest BCUT2D eigenvalue weighted by Gasteiger charge is 2.13. The molecule has 21 heavy (non-hydrogen) atoms. The van der Waals surface area contributed by atoms with Gasteiger partial charge < -0.3 is 5.11 Å². The zero-order chi connectivity index (χ0) is 15.6. The van der Waals surface area contributed by atoms with Crippen LogP contribution >= 0.6 is 0 Å². The van der Waals surface area contributed by atoms with E-state index in [1.165, 1.54) is 43.4 Å². The molecular formula is C14H12FNO4S. The van der Waals surface area contributed by atoms with Gasteiger partial charge in [0.1, 0.15) is 5.82 Å². The first-order valence-electron chi connectivity index (χ1n) is 5.92. The molecule has 0 saturated carbocycles. The maximum atomic E-state index is 13.3. The Morgan fingerprint density at radius 2 is 1.67 bits per heavy atom. The van der Waals surface area contributed by atoms with E-state index in [2.05, 4.69) is 4.72 Å². The van der Waals surface area contributed by atoms with Gasteiger partial charge in [-0.15, -0.1) is 0 Å². The Morgan fingerprint density at radius 1 is 1.10 bits per heavy atom. The number of carbonyl (C=O) groups is 1. The topological polar surface area (TPSA) is 83.5 Å². The lowest BCUT2D eigenvalue weighted by Crippen LogP contribution is -2.18. The van der Waals surface area contributed by atoms with Gasteiger partial charge in [-0.1, -0.05) is 18.2 Å². The highest BCUT2D eigenvalue weighted by molar-refractivity contribution is 7.89. The van der Waals surface area contributed by atoms with Crippen molar-refractivity contribution < 1.29 is 22.7 Å². The van der Waals surface area contributed by atoms with E-state index in [0.717, 1.165) is 6.07 Å². The van der Waals surface area contributed by atoms with Gasteiger partial charge in [0, 0.05) is 0 Å². The van der Waals surface area contributed by atoms with Gasteiger partial charge in [-0.25, -0.2) is 22.3 Å². The highest BCUT2D eigenvalue weighted by atomic mass is 32.2. The molecular weight excluding hydrogens is 297 g/mol. The number of sulfonamides is 1. The summed E-state index contributed by atoms with van der Waals surface area (Å²) in [7, 11) is -2.22. The Labute approximate surface area is 121 Å². The van der Waals surface area contributed by atoms with E-state index in [1.807, 2.05) is 0 Å². The number of halogens is 1. The lowest BCUT2D eigenvalue weighted by Gasteiger charge is -2.06. The lowest BCUT2D eigenvalue weighted by atomic mass is 10.0. The average Bonchev–Trinajstić information content (AvgIpc) is 2.47. The molecule has 0 aliphatic rings. The summed E-state index contributed by atoms with van der Waals surface area (Å²) in [6.07, 6.45) is 0. The summed E-state index contributed by atoms with van der Waals surface area (Å²) in [6.45, 7) is 0. The van der Waals surface area contributed by atoms with E-state index in [1.54, 1.807) is 0 Å². The fraction of sp³-hybridized carbons (Fsp3) is 0.0714. The summed E-state index contributed by atoms with van der Waals surface area (Å²) in [5, 5.41) is 8.89. The Hall–Kier alpha value is -2.25. The number of carboxylic acid groups (broad SMARTS) is 1. The maximum absolute atomic E-state index is 13.3. The van der Waals surface area contributed by atoms with Crippen molar-refractivity contribution >= 4 is 16.0 Å². The van der Waals surface area contributed by atoms with Crippen molar-refractivity contribution in [2.75, 3.05) is 7.05 Å². The van der Waals surface area contributed by atoms with Gasteiger partial charge in [0.15, 0.2) is 0 Å². The fourth-order valence-corrected chi connectivity index (χ4v) is 2.54. The number of hydrogen-bond donors (Lipinski definition) is 2. The predicted molar refractivity (Wildman–Crippen MR) is 75.0 cm³/mol. The summed E-state index contributed by atoms with van der Waals surface area (Å²) in [6, 6.07) is 9.56. The van der Waals surface area contributed by atoms with Gasteiger partial charge in [-0.3, -0.25) is 0 Å². The molecule has 0 radical (unpaired) electrons. The summed E-state index contributed by atoms with van der Waals surface area (Å²) >= 11 is 0. The normalized spacial score (nSPS) is 11.3. The van der Waals surface area contributed by atoms with Crippen LogP contribution in [0.2, 0.25) is 0 Å². The van der Waals surface area contributed by atoms with Gasteiger partial charge in [-0.2, -0.15) is 0 Å². The fourth-order valence-electron chi connectivity index (χ4n) is 1.81. The Kier molecular flexibility index (Phi) is 4.06. The molecule has 2 aromatic carbocycles.